The summed E-state index contributed by atoms with van der Waals surface area (Å²) in [6, 6.07) is 21.1. The van der Waals surface area contributed by atoms with E-state index in [9.17, 15) is 4.79 Å². The lowest BCUT2D eigenvalue weighted by molar-refractivity contribution is -0.148. The number of pyridine rings is 1. The summed E-state index contributed by atoms with van der Waals surface area (Å²) < 4.78 is 5.67. The first-order valence-corrected chi connectivity index (χ1v) is 12.5. The van der Waals surface area contributed by atoms with Crippen LogP contribution in [0.3, 0.4) is 0 Å². The van der Waals surface area contributed by atoms with Gasteiger partial charge in [0, 0.05) is 37.9 Å². The molecule has 4 nitrogen and oxygen atoms in total. The van der Waals surface area contributed by atoms with Gasteiger partial charge in [-0.15, -0.1) is 0 Å². The molecule has 2 aromatic carbocycles. The van der Waals surface area contributed by atoms with Gasteiger partial charge in [-0.1, -0.05) is 54.6 Å². The third-order valence-electron chi connectivity index (χ3n) is 7.65. The van der Waals surface area contributed by atoms with E-state index in [2.05, 4.69) is 58.4 Å². The van der Waals surface area contributed by atoms with Crippen molar-refractivity contribution in [1.29, 1.82) is 0 Å². The van der Waals surface area contributed by atoms with Crippen molar-refractivity contribution in [2.45, 2.75) is 44.9 Å². The van der Waals surface area contributed by atoms with Gasteiger partial charge < -0.3 is 9.64 Å². The summed E-state index contributed by atoms with van der Waals surface area (Å²) in [5, 5.41) is 1.21. The van der Waals surface area contributed by atoms with E-state index in [1.54, 1.807) is 0 Å². The van der Waals surface area contributed by atoms with Gasteiger partial charge >= 0.3 is 0 Å². The van der Waals surface area contributed by atoms with Crippen molar-refractivity contribution in [3.8, 4) is 0 Å². The highest BCUT2D eigenvalue weighted by molar-refractivity contribution is 5.83. The molecule has 2 saturated heterocycles. The Morgan fingerprint density at radius 3 is 2.64 bits per heavy atom. The fourth-order valence-corrected chi connectivity index (χ4v) is 5.77. The summed E-state index contributed by atoms with van der Waals surface area (Å²) in [4.78, 5) is 20.8. The lowest BCUT2D eigenvalue weighted by atomic mass is 9.74. The second-order valence-corrected chi connectivity index (χ2v) is 9.84. The molecule has 33 heavy (non-hydrogen) atoms. The maximum atomic E-state index is 13.9. The van der Waals surface area contributed by atoms with E-state index in [0.29, 0.717) is 25.0 Å². The summed E-state index contributed by atoms with van der Waals surface area (Å²) >= 11 is 0. The molecule has 3 aromatic rings. The van der Waals surface area contributed by atoms with Gasteiger partial charge in [0.15, 0.2) is 0 Å². The molecule has 1 unspecified atom stereocenters. The molecule has 2 aliphatic rings. The van der Waals surface area contributed by atoms with Crippen molar-refractivity contribution in [3.05, 3.63) is 78.0 Å². The maximum Gasteiger partial charge on any atom is 0.229 e. The summed E-state index contributed by atoms with van der Waals surface area (Å²) in [7, 11) is 0. The molecule has 0 spiro atoms. The third kappa shape index (κ3) is 4.96. The molecule has 3 heterocycles. The first-order chi connectivity index (χ1) is 16.2. The fraction of sp³-hybridized carbons (Fsp3) is 0.448. The Morgan fingerprint density at radius 2 is 1.79 bits per heavy atom. The number of carbonyl (C=O) groups is 1. The smallest absolute Gasteiger partial charge is 0.229 e. The van der Waals surface area contributed by atoms with E-state index in [-0.39, 0.29) is 5.41 Å². The second kappa shape index (κ2) is 10.0. The highest BCUT2D eigenvalue weighted by Crippen LogP contribution is 2.37. The quantitative estimate of drug-likeness (QED) is 0.528. The Morgan fingerprint density at radius 1 is 0.970 bits per heavy atom. The lowest BCUT2D eigenvalue weighted by Crippen LogP contribution is -2.48. The fourth-order valence-electron chi connectivity index (χ4n) is 5.77. The number of carbonyl (C=O) groups excluding carboxylic acids is 1. The number of ether oxygens (including phenoxy) is 1. The highest BCUT2D eigenvalue weighted by Gasteiger charge is 2.42. The van der Waals surface area contributed by atoms with Crippen LogP contribution < -0.4 is 0 Å². The average molecular weight is 443 g/mol. The van der Waals surface area contributed by atoms with Gasteiger partial charge in [0.1, 0.15) is 0 Å². The van der Waals surface area contributed by atoms with Crippen molar-refractivity contribution in [1.82, 2.24) is 9.88 Å². The Kier molecular flexibility index (Phi) is 6.73. The van der Waals surface area contributed by atoms with Crippen molar-refractivity contribution in [2.75, 3.05) is 26.3 Å². The molecule has 0 radical (unpaired) electrons. The predicted octanol–water partition coefficient (Wildman–Crippen LogP) is 5.45. The van der Waals surface area contributed by atoms with Gasteiger partial charge in [-0.05, 0) is 68.1 Å². The molecular formula is C29H34N2O2. The van der Waals surface area contributed by atoms with Gasteiger partial charge in [0.25, 0.3) is 0 Å². The molecule has 4 heteroatoms. The lowest BCUT2D eigenvalue weighted by Gasteiger charge is -2.40. The number of amides is 1. The van der Waals surface area contributed by atoms with Gasteiger partial charge in [0.05, 0.1) is 10.9 Å². The zero-order valence-corrected chi connectivity index (χ0v) is 19.4. The zero-order chi connectivity index (χ0) is 22.5. The molecular weight excluding hydrogens is 408 g/mol. The summed E-state index contributed by atoms with van der Waals surface area (Å²) in [6.07, 6.45) is 8.70. The molecule has 2 fully saturated rings. The average Bonchev–Trinajstić information content (AvgIpc) is 3.10. The largest absolute Gasteiger partial charge is 0.381 e. The summed E-state index contributed by atoms with van der Waals surface area (Å²) in [5.41, 5.74) is 3.40. The van der Waals surface area contributed by atoms with Crippen LogP contribution in [0.5, 0.6) is 0 Å². The van der Waals surface area contributed by atoms with Crippen LogP contribution in [0.2, 0.25) is 0 Å². The van der Waals surface area contributed by atoms with Crippen molar-refractivity contribution in [2.24, 2.45) is 11.3 Å². The minimum atomic E-state index is -0.320. The number of likely N-dealkylation sites (tertiary alicyclic amines) is 1. The van der Waals surface area contributed by atoms with E-state index in [4.69, 9.17) is 4.74 Å². The number of aromatic nitrogens is 1. The highest BCUT2D eigenvalue weighted by atomic mass is 16.5. The number of fused-ring (bicyclic) bond motifs is 1. The van der Waals surface area contributed by atoms with Crippen LogP contribution in [-0.4, -0.2) is 42.1 Å². The molecule has 5 rings (SSSR count). The van der Waals surface area contributed by atoms with Crippen molar-refractivity contribution >= 4 is 16.8 Å². The predicted molar refractivity (Wildman–Crippen MR) is 132 cm³/mol. The molecule has 0 saturated carbocycles. The van der Waals surface area contributed by atoms with E-state index in [0.717, 1.165) is 57.1 Å². The molecule has 1 aromatic heterocycles. The standard InChI is InChI=1S/C29H34N2O2/c32-28(29(14-19-33-20-15-29)22-24-7-2-1-3-8-24)31-17-6-9-23(13-18-31)21-26-11-4-10-25-12-5-16-30-27(25)26/h1-5,7-8,10-12,16,23H,6,9,13-15,17-22H2. The third-order valence-corrected chi connectivity index (χ3v) is 7.65. The molecule has 2 aliphatic heterocycles. The van der Waals surface area contributed by atoms with Crippen LogP contribution in [0.25, 0.3) is 10.9 Å². The number of para-hydroxylation sites is 1. The minimum Gasteiger partial charge on any atom is -0.381 e. The Labute approximate surface area is 197 Å². The summed E-state index contributed by atoms with van der Waals surface area (Å²) in [6.45, 7) is 3.10. The monoisotopic (exact) mass is 442 g/mol. The number of benzene rings is 2. The molecule has 0 aliphatic carbocycles. The number of nitrogens with zero attached hydrogens (tertiary/aromatic N) is 2. The molecule has 0 bridgehead atoms. The van der Waals surface area contributed by atoms with Crippen molar-refractivity contribution < 1.29 is 9.53 Å². The Bertz CT molecular complexity index is 1070. The molecule has 172 valence electrons. The summed E-state index contributed by atoms with van der Waals surface area (Å²) in [5.74, 6) is 0.942. The van der Waals surface area contributed by atoms with Crippen LogP contribution in [0, 0.1) is 11.3 Å². The normalized spacial score (nSPS) is 21.0. The first-order valence-electron chi connectivity index (χ1n) is 12.5. The van der Waals surface area contributed by atoms with Gasteiger partial charge in [-0.25, -0.2) is 0 Å². The van der Waals surface area contributed by atoms with Gasteiger partial charge in [0.2, 0.25) is 5.91 Å². The maximum absolute atomic E-state index is 13.9. The number of hydrogen-bond donors (Lipinski definition) is 0. The zero-order valence-electron chi connectivity index (χ0n) is 19.4. The van der Waals surface area contributed by atoms with E-state index in [1.165, 1.54) is 22.9 Å². The van der Waals surface area contributed by atoms with Gasteiger partial charge in [-0.3, -0.25) is 9.78 Å². The molecule has 0 N–H and O–H groups in total. The number of hydrogen-bond acceptors (Lipinski definition) is 3. The van der Waals surface area contributed by atoms with Crippen LogP contribution in [0.1, 0.15) is 43.2 Å². The van der Waals surface area contributed by atoms with Crippen LogP contribution in [0.15, 0.2) is 66.9 Å². The van der Waals surface area contributed by atoms with Crippen molar-refractivity contribution in [3.63, 3.8) is 0 Å². The van der Waals surface area contributed by atoms with E-state index >= 15 is 0 Å². The van der Waals surface area contributed by atoms with E-state index < -0.39 is 0 Å². The molecule has 1 amide bonds. The SMILES string of the molecule is O=C(N1CCCC(Cc2cccc3cccnc23)CC1)C1(Cc2ccccc2)CCOCC1. The topological polar surface area (TPSA) is 42.4 Å². The van der Waals surface area contributed by atoms with Crippen LogP contribution in [0.4, 0.5) is 0 Å². The molecule has 1 atom stereocenters. The number of rotatable bonds is 5. The first kappa shape index (κ1) is 22.1. The van der Waals surface area contributed by atoms with Crippen LogP contribution >= 0.6 is 0 Å². The Balaban J connectivity index is 1.28. The Hall–Kier alpha value is -2.72. The van der Waals surface area contributed by atoms with Crippen LogP contribution in [-0.2, 0) is 22.4 Å². The van der Waals surface area contributed by atoms with Gasteiger partial charge in [-0.2, -0.15) is 0 Å². The minimum absolute atomic E-state index is 0.320. The van der Waals surface area contributed by atoms with E-state index in [1.807, 2.05) is 18.3 Å². The second-order valence-electron chi connectivity index (χ2n) is 9.84.